The molecule has 0 saturated heterocycles. The molecule has 3 N–H and O–H groups in total. The van der Waals surface area contributed by atoms with E-state index in [1.54, 1.807) is 6.26 Å². The van der Waals surface area contributed by atoms with Gasteiger partial charge < -0.3 is 15.5 Å². The van der Waals surface area contributed by atoms with Crippen LogP contribution in [0.5, 0.6) is 0 Å². The van der Waals surface area contributed by atoms with Crippen LogP contribution in [0.4, 0.5) is 0 Å². The summed E-state index contributed by atoms with van der Waals surface area (Å²) in [6, 6.07) is 4.03. The molecular weight excluding hydrogens is 240 g/mol. The van der Waals surface area contributed by atoms with Gasteiger partial charge in [0.25, 0.3) is 0 Å². The number of carbonyl (C=O) groups excluding carboxylic acids is 1. The minimum Gasteiger partial charge on any atom is -0.469 e. The van der Waals surface area contributed by atoms with Crippen molar-refractivity contribution in [2.45, 2.75) is 51.5 Å². The van der Waals surface area contributed by atoms with Crippen molar-refractivity contribution in [3.05, 3.63) is 24.2 Å². The van der Waals surface area contributed by atoms with Gasteiger partial charge in [-0.05, 0) is 50.3 Å². The Morgan fingerprint density at radius 3 is 2.89 bits per heavy atom. The first-order valence-corrected chi connectivity index (χ1v) is 7.15. The van der Waals surface area contributed by atoms with Crippen molar-refractivity contribution in [2.75, 3.05) is 6.54 Å². The van der Waals surface area contributed by atoms with Crippen LogP contribution >= 0.6 is 0 Å². The number of nitrogens with one attached hydrogen (secondary N) is 1. The van der Waals surface area contributed by atoms with Crippen LogP contribution in [-0.2, 0) is 11.2 Å². The van der Waals surface area contributed by atoms with Crippen LogP contribution < -0.4 is 11.1 Å². The summed E-state index contributed by atoms with van der Waals surface area (Å²) < 4.78 is 5.28. The Morgan fingerprint density at radius 2 is 2.37 bits per heavy atom. The molecule has 1 amide bonds. The third-order valence-corrected chi connectivity index (χ3v) is 4.19. The van der Waals surface area contributed by atoms with Crippen molar-refractivity contribution in [1.29, 1.82) is 0 Å². The fourth-order valence-corrected chi connectivity index (χ4v) is 2.68. The third kappa shape index (κ3) is 3.83. The molecule has 106 valence electrons. The summed E-state index contributed by atoms with van der Waals surface area (Å²) in [4.78, 5) is 12.0. The van der Waals surface area contributed by atoms with Crippen LogP contribution in [0.2, 0.25) is 0 Å². The average molecular weight is 264 g/mol. The van der Waals surface area contributed by atoms with Gasteiger partial charge in [-0.25, -0.2) is 0 Å². The van der Waals surface area contributed by atoms with Crippen molar-refractivity contribution in [3.63, 3.8) is 0 Å². The van der Waals surface area contributed by atoms with E-state index in [9.17, 15) is 4.79 Å². The van der Waals surface area contributed by atoms with Gasteiger partial charge in [0.05, 0.1) is 6.26 Å². The molecule has 1 aliphatic rings. The number of aryl methyl sites for hydroxylation is 1. The summed E-state index contributed by atoms with van der Waals surface area (Å²) in [6.45, 7) is 2.66. The molecule has 1 aromatic rings. The molecule has 1 heterocycles. The van der Waals surface area contributed by atoms with Crippen molar-refractivity contribution in [2.24, 2.45) is 11.1 Å². The lowest BCUT2D eigenvalue weighted by Gasteiger charge is -2.40. The van der Waals surface area contributed by atoms with Gasteiger partial charge in [-0.2, -0.15) is 0 Å². The smallest absolute Gasteiger partial charge is 0.220 e. The molecule has 1 unspecified atom stereocenters. The van der Waals surface area contributed by atoms with Crippen molar-refractivity contribution < 1.29 is 9.21 Å². The summed E-state index contributed by atoms with van der Waals surface area (Å²) in [5, 5.41) is 3.06. The Kier molecular flexibility index (Phi) is 4.64. The zero-order valence-electron chi connectivity index (χ0n) is 11.7. The van der Waals surface area contributed by atoms with Crippen LogP contribution in [0.3, 0.4) is 0 Å². The molecule has 2 rings (SSSR count). The maximum Gasteiger partial charge on any atom is 0.220 e. The first kappa shape index (κ1) is 14.1. The van der Waals surface area contributed by atoms with E-state index in [2.05, 4.69) is 5.32 Å². The van der Waals surface area contributed by atoms with E-state index in [1.807, 2.05) is 19.1 Å². The second-order valence-corrected chi connectivity index (χ2v) is 5.82. The molecule has 1 saturated carbocycles. The molecule has 1 aliphatic carbocycles. The summed E-state index contributed by atoms with van der Waals surface area (Å²) >= 11 is 0. The normalized spacial score (nSPS) is 18.6. The molecule has 0 spiro atoms. The second-order valence-electron chi connectivity index (χ2n) is 5.82. The molecule has 0 radical (unpaired) electrons. The zero-order chi connectivity index (χ0) is 13.7. The number of furan rings is 1. The Labute approximate surface area is 114 Å². The SMILES string of the molecule is CC(CCc1ccco1)NC(=O)CC1(CN)CCC1. The van der Waals surface area contributed by atoms with Crippen LogP contribution in [0.25, 0.3) is 0 Å². The van der Waals surface area contributed by atoms with Crippen LogP contribution in [-0.4, -0.2) is 18.5 Å². The lowest BCUT2D eigenvalue weighted by molar-refractivity contribution is -0.125. The second kappa shape index (κ2) is 6.24. The molecule has 0 aromatic carbocycles. The van der Waals surface area contributed by atoms with E-state index < -0.39 is 0 Å². The quantitative estimate of drug-likeness (QED) is 0.793. The maximum absolute atomic E-state index is 12.0. The van der Waals surface area contributed by atoms with E-state index in [1.165, 1.54) is 6.42 Å². The number of rotatable bonds is 7. The minimum absolute atomic E-state index is 0.0881. The number of nitrogens with two attached hydrogens (primary N) is 1. The Bertz CT molecular complexity index is 391. The highest BCUT2D eigenvalue weighted by Crippen LogP contribution is 2.42. The highest BCUT2D eigenvalue weighted by atomic mass is 16.3. The van der Waals surface area contributed by atoms with E-state index >= 15 is 0 Å². The number of hydrogen-bond donors (Lipinski definition) is 2. The Balaban J connectivity index is 1.69. The van der Waals surface area contributed by atoms with E-state index in [0.717, 1.165) is 31.4 Å². The Hall–Kier alpha value is -1.29. The molecule has 4 nitrogen and oxygen atoms in total. The predicted octanol–water partition coefficient (Wildman–Crippen LogP) is 2.24. The van der Waals surface area contributed by atoms with Gasteiger partial charge in [0.2, 0.25) is 5.91 Å². The van der Waals surface area contributed by atoms with Crippen molar-refractivity contribution >= 4 is 5.91 Å². The average Bonchev–Trinajstić information content (AvgIpc) is 2.84. The lowest BCUT2D eigenvalue weighted by atomic mass is 9.66. The van der Waals surface area contributed by atoms with Gasteiger partial charge in [0.15, 0.2) is 0 Å². The molecule has 19 heavy (non-hydrogen) atoms. The van der Waals surface area contributed by atoms with Gasteiger partial charge in [0, 0.05) is 18.9 Å². The summed E-state index contributed by atoms with van der Waals surface area (Å²) in [5.41, 5.74) is 5.87. The van der Waals surface area contributed by atoms with E-state index in [-0.39, 0.29) is 17.4 Å². The largest absolute Gasteiger partial charge is 0.469 e. The topological polar surface area (TPSA) is 68.3 Å². The molecular formula is C15H24N2O2. The fourth-order valence-electron chi connectivity index (χ4n) is 2.68. The van der Waals surface area contributed by atoms with Gasteiger partial charge in [-0.3, -0.25) is 4.79 Å². The fraction of sp³-hybridized carbons (Fsp3) is 0.667. The molecule has 0 aliphatic heterocycles. The van der Waals surface area contributed by atoms with E-state index in [0.29, 0.717) is 13.0 Å². The van der Waals surface area contributed by atoms with Gasteiger partial charge in [-0.1, -0.05) is 6.42 Å². The summed E-state index contributed by atoms with van der Waals surface area (Å²) in [7, 11) is 0. The van der Waals surface area contributed by atoms with Crippen LogP contribution in [0.15, 0.2) is 22.8 Å². The molecule has 1 fully saturated rings. The summed E-state index contributed by atoms with van der Waals surface area (Å²) in [5.74, 6) is 1.11. The zero-order valence-corrected chi connectivity index (χ0v) is 11.7. The minimum atomic E-state index is 0.0881. The summed E-state index contributed by atoms with van der Waals surface area (Å²) in [6.07, 6.45) is 7.41. The standard InChI is InChI=1S/C15H24N2O2/c1-12(5-6-13-4-2-9-19-13)17-14(18)10-15(11-16)7-3-8-15/h2,4,9,12H,3,5-8,10-11,16H2,1H3,(H,17,18). The van der Waals surface area contributed by atoms with Gasteiger partial charge >= 0.3 is 0 Å². The van der Waals surface area contributed by atoms with Gasteiger partial charge in [-0.15, -0.1) is 0 Å². The van der Waals surface area contributed by atoms with Gasteiger partial charge in [0.1, 0.15) is 5.76 Å². The van der Waals surface area contributed by atoms with Crippen LogP contribution in [0.1, 0.15) is 44.8 Å². The van der Waals surface area contributed by atoms with Crippen molar-refractivity contribution in [3.8, 4) is 0 Å². The first-order chi connectivity index (χ1) is 9.13. The number of carbonyl (C=O) groups is 1. The van der Waals surface area contributed by atoms with Crippen molar-refractivity contribution in [1.82, 2.24) is 5.32 Å². The van der Waals surface area contributed by atoms with Crippen LogP contribution in [0, 0.1) is 5.41 Å². The molecule has 0 bridgehead atoms. The molecule has 1 atom stereocenters. The highest BCUT2D eigenvalue weighted by Gasteiger charge is 2.37. The number of amides is 1. The monoisotopic (exact) mass is 264 g/mol. The first-order valence-electron chi connectivity index (χ1n) is 7.15. The molecule has 4 heteroatoms. The predicted molar refractivity (Wildman–Crippen MR) is 74.6 cm³/mol. The third-order valence-electron chi connectivity index (χ3n) is 4.19. The van der Waals surface area contributed by atoms with E-state index in [4.69, 9.17) is 10.2 Å². The maximum atomic E-state index is 12.0. The molecule has 1 aromatic heterocycles. The highest BCUT2D eigenvalue weighted by molar-refractivity contribution is 5.77. The Morgan fingerprint density at radius 1 is 1.58 bits per heavy atom. The number of hydrogen-bond acceptors (Lipinski definition) is 3. The lowest BCUT2D eigenvalue weighted by Crippen LogP contribution is -2.43.